The van der Waals surface area contributed by atoms with Crippen LogP contribution in [0.25, 0.3) is 44.4 Å². The molecule has 0 spiro atoms. The molecule has 4 aromatic carbocycles. The van der Waals surface area contributed by atoms with Gasteiger partial charge in [-0.15, -0.1) is 35.7 Å². The molecule has 0 saturated carbocycles. The van der Waals surface area contributed by atoms with Gasteiger partial charge >= 0.3 is 21.1 Å². The van der Waals surface area contributed by atoms with Crippen LogP contribution in [-0.2, 0) is 27.5 Å². The third-order valence-electron chi connectivity index (χ3n) is 10.3. The van der Waals surface area contributed by atoms with Crippen molar-refractivity contribution >= 4 is 21.8 Å². The van der Waals surface area contributed by atoms with E-state index in [1.54, 1.807) is 0 Å². The Morgan fingerprint density at radius 3 is 2.29 bits per heavy atom. The first kappa shape index (κ1) is 37.3. The second-order valence-corrected chi connectivity index (χ2v) is 15.6. The number of benzene rings is 4. The first-order valence-electron chi connectivity index (χ1n) is 18.2. The van der Waals surface area contributed by atoms with Gasteiger partial charge in [-0.25, -0.2) is 4.98 Å². The van der Waals surface area contributed by atoms with Crippen molar-refractivity contribution in [2.45, 2.75) is 81.1 Å². The van der Waals surface area contributed by atoms with Gasteiger partial charge in [0.1, 0.15) is 5.82 Å². The van der Waals surface area contributed by atoms with E-state index < -0.39 is 0 Å². The Balaban J connectivity index is 0.00000464. The molecule has 3 aromatic heterocycles. The molecule has 0 amide bonds. The maximum atomic E-state index is 6.69. The molecule has 0 radical (unpaired) electrons. The summed E-state index contributed by atoms with van der Waals surface area (Å²) in [5, 5.41) is 7.31. The van der Waals surface area contributed by atoms with E-state index in [0.29, 0.717) is 23.3 Å². The van der Waals surface area contributed by atoms with E-state index in [2.05, 4.69) is 146 Å². The molecule has 3 heterocycles. The van der Waals surface area contributed by atoms with Crippen LogP contribution < -0.4 is 4.74 Å². The van der Waals surface area contributed by atoms with Crippen LogP contribution in [0.5, 0.6) is 11.5 Å². The number of ether oxygens (including phenoxy) is 1. The van der Waals surface area contributed by atoms with Crippen molar-refractivity contribution in [3.8, 4) is 34.1 Å². The molecule has 52 heavy (non-hydrogen) atoms. The predicted molar refractivity (Wildman–Crippen MR) is 211 cm³/mol. The summed E-state index contributed by atoms with van der Waals surface area (Å²) in [5.41, 5.74) is 11.1. The van der Waals surface area contributed by atoms with E-state index in [9.17, 15) is 0 Å². The zero-order chi connectivity index (χ0) is 36.0. The number of rotatable bonds is 9. The van der Waals surface area contributed by atoms with Crippen molar-refractivity contribution in [3.05, 3.63) is 131 Å². The number of fused-ring (bicyclic) bond motifs is 3. The normalized spacial score (nSPS) is 12.4. The maximum absolute atomic E-state index is 6.69. The number of aryl methyl sites for hydroxylation is 3. The quantitative estimate of drug-likeness (QED) is 0.136. The molecule has 0 fully saturated rings. The smallest absolute Gasteiger partial charge is 0.509 e. The Kier molecular flexibility index (Phi) is 10.7. The van der Waals surface area contributed by atoms with E-state index in [-0.39, 0.29) is 26.5 Å². The second-order valence-electron chi connectivity index (χ2n) is 15.6. The van der Waals surface area contributed by atoms with Gasteiger partial charge in [0, 0.05) is 34.5 Å². The van der Waals surface area contributed by atoms with Crippen molar-refractivity contribution in [1.29, 1.82) is 0 Å². The largest absolute Gasteiger partial charge is 2.00 e. The fourth-order valence-electron chi connectivity index (χ4n) is 7.02. The fraction of sp³-hybridized carbons (Fsp3) is 0.304. The Bertz CT molecular complexity index is 2360. The first-order valence-corrected chi connectivity index (χ1v) is 18.2. The number of nitrogens with zero attached hydrogens (tertiary/aromatic N) is 4. The second kappa shape index (κ2) is 14.9. The molecule has 7 rings (SSSR count). The van der Waals surface area contributed by atoms with Crippen LogP contribution in [0.2, 0.25) is 0 Å². The number of pyridine rings is 1. The maximum Gasteiger partial charge on any atom is 2.00 e. The first-order chi connectivity index (χ1) is 24.4. The molecule has 5 nitrogen and oxygen atoms in total. The van der Waals surface area contributed by atoms with Crippen LogP contribution >= 0.6 is 0 Å². The van der Waals surface area contributed by atoms with Crippen molar-refractivity contribution in [3.63, 3.8) is 0 Å². The summed E-state index contributed by atoms with van der Waals surface area (Å²) in [7, 11) is 0. The van der Waals surface area contributed by atoms with Crippen LogP contribution in [-0.4, -0.2) is 19.3 Å². The fourth-order valence-corrected chi connectivity index (χ4v) is 7.02. The van der Waals surface area contributed by atoms with Crippen molar-refractivity contribution in [2.75, 3.05) is 0 Å². The van der Waals surface area contributed by atoms with Crippen LogP contribution in [0.3, 0.4) is 0 Å². The topological polar surface area (TPSA) is 44.9 Å². The van der Waals surface area contributed by atoms with Crippen molar-refractivity contribution < 1.29 is 25.8 Å². The van der Waals surface area contributed by atoms with E-state index in [4.69, 9.17) is 14.8 Å². The SMILES string of the molecule is Cc1ccnc(-n2c3[c-]c(Oc4[c-]c(-n5nc(C)c(-c6ccccc6)c5C)cc(CCC(C)C)c4)ccc3c3cc(C(C)C(C)(C)C)ccc32)c1.[Pt+2]. The van der Waals surface area contributed by atoms with Crippen molar-refractivity contribution in [2.24, 2.45) is 11.3 Å². The van der Waals surface area contributed by atoms with E-state index in [1.807, 2.05) is 29.1 Å². The number of hydrogen-bond acceptors (Lipinski definition) is 3. The summed E-state index contributed by atoms with van der Waals surface area (Å²) in [5.74, 6) is 3.11. The van der Waals surface area contributed by atoms with Gasteiger partial charge < -0.3 is 9.30 Å². The van der Waals surface area contributed by atoms with Crippen LogP contribution in [0, 0.1) is 44.2 Å². The Hall–Kier alpha value is -4.47. The monoisotopic (exact) mass is 867 g/mol. The van der Waals surface area contributed by atoms with Crippen LogP contribution in [0.15, 0.2) is 91.1 Å². The summed E-state index contributed by atoms with van der Waals surface area (Å²) >= 11 is 0. The van der Waals surface area contributed by atoms with Gasteiger partial charge in [-0.1, -0.05) is 95.9 Å². The standard InChI is InChI=1S/C46H48N4O.Pt/c1-29(2)15-16-34-24-37(50-33(6)45(32(5)48-50)35-13-11-10-12-14-35)27-39(25-34)51-38-18-19-40-41-26-36(31(4)46(7,8)9)17-20-42(41)49(43(40)28-38)44-23-30(3)21-22-47-44;/h10-14,17-26,29,31H,15-16H2,1-9H3;/q-2;+2. The number of hydrogen-bond donors (Lipinski definition) is 0. The van der Waals surface area contributed by atoms with Gasteiger partial charge in [-0.3, -0.25) is 4.68 Å². The van der Waals surface area contributed by atoms with Gasteiger partial charge in [0.25, 0.3) is 0 Å². The van der Waals surface area contributed by atoms with Crippen LogP contribution in [0.1, 0.15) is 82.0 Å². The average Bonchev–Trinajstić information content (AvgIpc) is 3.58. The molecule has 7 aromatic rings. The number of aromatic nitrogens is 4. The minimum atomic E-state index is 0. The van der Waals surface area contributed by atoms with Crippen molar-refractivity contribution in [1.82, 2.24) is 19.3 Å². The van der Waals surface area contributed by atoms with Gasteiger partial charge in [-0.2, -0.15) is 16.7 Å². The van der Waals surface area contributed by atoms with Crippen LogP contribution in [0.4, 0.5) is 0 Å². The summed E-state index contributed by atoms with van der Waals surface area (Å²) < 4.78 is 10.9. The summed E-state index contributed by atoms with van der Waals surface area (Å²) in [6, 6.07) is 37.2. The summed E-state index contributed by atoms with van der Waals surface area (Å²) in [6.45, 7) is 20.1. The molecule has 0 N–H and O–H groups in total. The molecule has 1 unspecified atom stereocenters. The Labute approximate surface area is 323 Å². The minimum Gasteiger partial charge on any atom is -0.509 e. The van der Waals surface area contributed by atoms with Gasteiger partial charge in [0.05, 0.1) is 5.69 Å². The van der Waals surface area contributed by atoms with E-state index >= 15 is 0 Å². The Morgan fingerprint density at radius 1 is 0.808 bits per heavy atom. The molecular formula is C46H48N4OPt. The average molecular weight is 868 g/mol. The van der Waals surface area contributed by atoms with Gasteiger partial charge in [0.15, 0.2) is 0 Å². The summed E-state index contributed by atoms with van der Waals surface area (Å²) in [4.78, 5) is 4.81. The minimum absolute atomic E-state index is 0. The van der Waals surface area contributed by atoms with Gasteiger partial charge in [0.2, 0.25) is 0 Å². The molecule has 1 atom stereocenters. The molecule has 268 valence electrons. The summed E-state index contributed by atoms with van der Waals surface area (Å²) in [6.07, 6.45) is 3.89. The zero-order valence-electron chi connectivity index (χ0n) is 31.7. The predicted octanol–water partition coefficient (Wildman–Crippen LogP) is 12.1. The molecule has 0 aliphatic carbocycles. The molecule has 0 bridgehead atoms. The molecule has 0 aliphatic rings. The third-order valence-corrected chi connectivity index (χ3v) is 10.3. The zero-order valence-corrected chi connectivity index (χ0v) is 34.0. The third kappa shape index (κ3) is 7.39. The molecule has 6 heteroatoms. The Morgan fingerprint density at radius 2 is 1.58 bits per heavy atom. The molecular weight excluding hydrogens is 820 g/mol. The van der Waals surface area contributed by atoms with E-state index in [0.717, 1.165) is 68.8 Å². The molecule has 0 aliphatic heterocycles. The molecule has 0 saturated heterocycles. The van der Waals surface area contributed by atoms with E-state index in [1.165, 1.54) is 16.5 Å². The van der Waals surface area contributed by atoms with Gasteiger partial charge in [-0.05, 0) is 90.4 Å².